The molecule has 0 aliphatic heterocycles. The smallest absolute Gasteiger partial charge is 0.270 e. The van der Waals surface area contributed by atoms with Crippen LogP contribution in [0.1, 0.15) is 22.5 Å². The highest BCUT2D eigenvalue weighted by Crippen LogP contribution is 2.24. The number of hydrogen-bond donors (Lipinski definition) is 1. The van der Waals surface area contributed by atoms with Gasteiger partial charge in [-0.15, -0.1) is 0 Å². The summed E-state index contributed by atoms with van der Waals surface area (Å²) in [5.74, 6) is 0. The number of hydrogen-bond acceptors (Lipinski definition) is 5. The number of aromatic nitrogens is 2. The zero-order valence-electron chi connectivity index (χ0n) is 14.4. The predicted molar refractivity (Wildman–Crippen MR) is 98.2 cm³/mol. The lowest BCUT2D eigenvalue weighted by molar-refractivity contribution is -0.384. The maximum absolute atomic E-state index is 10.9. The van der Waals surface area contributed by atoms with Gasteiger partial charge in [-0.3, -0.25) is 10.1 Å². The SMILES string of the molecule is Cc1nn(-c2ccccc2)c(C)c1CNc1ccc([N+](=O)[O-])cc1C#N. The molecule has 130 valence electrons. The second-order valence-electron chi connectivity index (χ2n) is 5.85. The van der Waals surface area contributed by atoms with Gasteiger partial charge in [0.05, 0.1) is 27.6 Å². The van der Waals surface area contributed by atoms with Gasteiger partial charge in [-0.2, -0.15) is 10.4 Å². The average Bonchev–Trinajstić information content (AvgIpc) is 2.94. The van der Waals surface area contributed by atoms with Crippen molar-refractivity contribution in [3.8, 4) is 11.8 Å². The van der Waals surface area contributed by atoms with Crippen LogP contribution in [0.3, 0.4) is 0 Å². The largest absolute Gasteiger partial charge is 0.380 e. The fourth-order valence-corrected chi connectivity index (χ4v) is 2.83. The molecule has 1 aromatic heterocycles. The lowest BCUT2D eigenvalue weighted by Gasteiger charge is -2.09. The van der Waals surface area contributed by atoms with Crippen LogP contribution < -0.4 is 5.32 Å². The standard InChI is InChI=1S/C19H17N5O2/c1-13-18(14(2)23(22-13)16-6-4-3-5-7-16)12-21-19-9-8-17(24(25)26)10-15(19)11-20/h3-10,21H,12H2,1-2H3. The van der Waals surface area contributed by atoms with E-state index in [4.69, 9.17) is 0 Å². The Bertz CT molecular complexity index is 1000. The molecular weight excluding hydrogens is 330 g/mol. The molecule has 0 atom stereocenters. The first-order chi connectivity index (χ1) is 12.5. The molecule has 3 rings (SSSR count). The summed E-state index contributed by atoms with van der Waals surface area (Å²) >= 11 is 0. The van der Waals surface area contributed by atoms with Gasteiger partial charge in [-0.05, 0) is 32.0 Å². The zero-order chi connectivity index (χ0) is 18.7. The molecule has 3 aromatic rings. The number of para-hydroxylation sites is 1. The van der Waals surface area contributed by atoms with Crippen molar-refractivity contribution in [1.29, 1.82) is 5.26 Å². The summed E-state index contributed by atoms with van der Waals surface area (Å²) < 4.78 is 1.88. The monoisotopic (exact) mass is 347 g/mol. The highest BCUT2D eigenvalue weighted by atomic mass is 16.6. The van der Waals surface area contributed by atoms with Crippen LogP contribution >= 0.6 is 0 Å². The van der Waals surface area contributed by atoms with E-state index in [0.717, 1.165) is 22.6 Å². The molecule has 0 radical (unpaired) electrons. The predicted octanol–water partition coefficient (Wildman–Crippen LogP) is 3.88. The van der Waals surface area contributed by atoms with E-state index in [1.165, 1.54) is 12.1 Å². The second-order valence-corrected chi connectivity index (χ2v) is 5.85. The van der Waals surface area contributed by atoms with Crippen molar-refractivity contribution in [2.24, 2.45) is 0 Å². The molecule has 26 heavy (non-hydrogen) atoms. The molecule has 0 unspecified atom stereocenters. The molecule has 0 saturated heterocycles. The van der Waals surface area contributed by atoms with Crippen LogP contribution in [-0.2, 0) is 6.54 Å². The maximum atomic E-state index is 10.9. The van der Waals surface area contributed by atoms with Gasteiger partial charge in [0.1, 0.15) is 6.07 Å². The lowest BCUT2D eigenvalue weighted by atomic mass is 10.1. The van der Waals surface area contributed by atoms with Crippen molar-refractivity contribution >= 4 is 11.4 Å². The van der Waals surface area contributed by atoms with Crippen LogP contribution in [0, 0.1) is 35.3 Å². The Morgan fingerprint density at radius 1 is 1.23 bits per heavy atom. The molecule has 0 fully saturated rings. The Morgan fingerprint density at radius 3 is 2.62 bits per heavy atom. The fraction of sp³-hybridized carbons (Fsp3) is 0.158. The lowest BCUT2D eigenvalue weighted by Crippen LogP contribution is -2.04. The third-order valence-corrected chi connectivity index (χ3v) is 4.23. The Labute approximate surface area is 150 Å². The topological polar surface area (TPSA) is 96.8 Å². The van der Waals surface area contributed by atoms with Gasteiger partial charge in [0.15, 0.2) is 0 Å². The van der Waals surface area contributed by atoms with Gasteiger partial charge in [0.2, 0.25) is 0 Å². The maximum Gasteiger partial charge on any atom is 0.270 e. The summed E-state index contributed by atoms with van der Waals surface area (Å²) in [6, 6.07) is 16.1. The molecule has 1 heterocycles. The van der Waals surface area contributed by atoms with Gasteiger partial charge in [0, 0.05) is 29.9 Å². The van der Waals surface area contributed by atoms with Crippen LogP contribution in [-0.4, -0.2) is 14.7 Å². The molecule has 0 aliphatic rings. The molecule has 0 aliphatic carbocycles. The third-order valence-electron chi connectivity index (χ3n) is 4.23. The van der Waals surface area contributed by atoms with Gasteiger partial charge in [0.25, 0.3) is 5.69 Å². The summed E-state index contributed by atoms with van der Waals surface area (Å²) in [6.07, 6.45) is 0. The van der Waals surface area contributed by atoms with E-state index in [-0.39, 0.29) is 11.3 Å². The molecule has 0 spiro atoms. The van der Waals surface area contributed by atoms with Crippen molar-refractivity contribution in [3.05, 3.63) is 81.2 Å². The summed E-state index contributed by atoms with van der Waals surface area (Å²) in [6.45, 7) is 4.40. The van der Waals surface area contributed by atoms with Gasteiger partial charge in [-0.25, -0.2) is 4.68 Å². The number of rotatable bonds is 5. The van der Waals surface area contributed by atoms with E-state index < -0.39 is 4.92 Å². The minimum absolute atomic E-state index is 0.101. The molecule has 2 aromatic carbocycles. The number of aryl methyl sites for hydroxylation is 1. The molecule has 0 bridgehead atoms. The van der Waals surface area contributed by atoms with Crippen molar-refractivity contribution < 1.29 is 4.92 Å². The Morgan fingerprint density at radius 2 is 1.96 bits per heavy atom. The number of nitriles is 1. The van der Waals surface area contributed by atoms with Crippen LogP contribution in [0.4, 0.5) is 11.4 Å². The highest BCUT2D eigenvalue weighted by Gasteiger charge is 2.14. The molecule has 7 nitrogen and oxygen atoms in total. The normalized spacial score (nSPS) is 10.3. The number of nitro groups is 1. The van der Waals surface area contributed by atoms with Crippen molar-refractivity contribution in [1.82, 2.24) is 9.78 Å². The molecule has 0 amide bonds. The molecule has 1 N–H and O–H groups in total. The number of nitro benzene ring substituents is 1. The zero-order valence-corrected chi connectivity index (χ0v) is 14.4. The highest BCUT2D eigenvalue weighted by molar-refractivity contribution is 5.61. The van der Waals surface area contributed by atoms with Gasteiger partial charge in [-0.1, -0.05) is 18.2 Å². The van der Waals surface area contributed by atoms with Crippen LogP contribution in [0.2, 0.25) is 0 Å². The van der Waals surface area contributed by atoms with E-state index in [1.807, 2.05) is 54.9 Å². The van der Waals surface area contributed by atoms with E-state index in [1.54, 1.807) is 6.07 Å². The summed E-state index contributed by atoms with van der Waals surface area (Å²) in [5, 5.41) is 27.9. The van der Waals surface area contributed by atoms with Crippen molar-refractivity contribution in [2.75, 3.05) is 5.32 Å². The number of non-ortho nitro benzene ring substituents is 1. The van der Waals surface area contributed by atoms with E-state index in [2.05, 4.69) is 10.4 Å². The second kappa shape index (κ2) is 7.07. The summed E-state index contributed by atoms with van der Waals surface area (Å²) in [5.41, 5.74) is 4.59. The molecule has 7 heteroatoms. The first kappa shape index (κ1) is 17.2. The fourth-order valence-electron chi connectivity index (χ4n) is 2.83. The Kier molecular flexibility index (Phi) is 4.67. The van der Waals surface area contributed by atoms with Gasteiger partial charge < -0.3 is 5.32 Å². The van der Waals surface area contributed by atoms with Gasteiger partial charge >= 0.3 is 0 Å². The van der Waals surface area contributed by atoms with Crippen LogP contribution in [0.25, 0.3) is 5.69 Å². The summed E-state index contributed by atoms with van der Waals surface area (Å²) in [4.78, 5) is 10.3. The van der Waals surface area contributed by atoms with E-state index in [9.17, 15) is 15.4 Å². The third kappa shape index (κ3) is 3.26. The first-order valence-electron chi connectivity index (χ1n) is 8.04. The minimum Gasteiger partial charge on any atom is -0.380 e. The molecular formula is C19H17N5O2. The molecule has 0 saturated carbocycles. The van der Waals surface area contributed by atoms with E-state index in [0.29, 0.717) is 12.2 Å². The quantitative estimate of drug-likeness (QED) is 0.558. The Hall–Kier alpha value is -3.66. The first-order valence-corrected chi connectivity index (χ1v) is 8.04. The number of nitrogens with one attached hydrogen (secondary N) is 1. The number of nitrogens with zero attached hydrogens (tertiary/aromatic N) is 4. The number of anilines is 1. The minimum atomic E-state index is -0.511. The van der Waals surface area contributed by atoms with Crippen molar-refractivity contribution in [3.63, 3.8) is 0 Å². The number of benzene rings is 2. The van der Waals surface area contributed by atoms with Crippen molar-refractivity contribution in [2.45, 2.75) is 20.4 Å². The Balaban J connectivity index is 1.86. The summed E-state index contributed by atoms with van der Waals surface area (Å²) in [7, 11) is 0. The van der Waals surface area contributed by atoms with Crippen LogP contribution in [0.15, 0.2) is 48.5 Å². The van der Waals surface area contributed by atoms with Crippen LogP contribution in [0.5, 0.6) is 0 Å². The average molecular weight is 347 g/mol. The van der Waals surface area contributed by atoms with E-state index >= 15 is 0 Å².